The van der Waals surface area contributed by atoms with Gasteiger partial charge in [0.2, 0.25) is 0 Å². The predicted molar refractivity (Wildman–Crippen MR) is 82.2 cm³/mol. The Bertz CT molecular complexity index is 461. The van der Waals surface area contributed by atoms with E-state index in [9.17, 15) is 4.79 Å². The van der Waals surface area contributed by atoms with E-state index in [1.54, 1.807) is 21.0 Å². The fraction of sp³-hybridized carbons (Fsp3) is 0.533. The van der Waals surface area contributed by atoms with Crippen LogP contribution in [0.1, 0.15) is 26.3 Å². The fourth-order valence-electron chi connectivity index (χ4n) is 1.73. The molecule has 1 amide bonds. The summed E-state index contributed by atoms with van der Waals surface area (Å²) in [6, 6.07) is 5.83. The van der Waals surface area contributed by atoms with Crippen LogP contribution in [-0.2, 0) is 11.3 Å². The summed E-state index contributed by atoms with van der Waals surface area (Å²) in [6.07, 6.45) is -0.540. The number of amides is 1. The van der Waals surface area contributed by atoms with Crippen LogP contribution >= 0.6 is 11.6 Å². The van der Waals surface area contributed by atoms with E-state index < -0.39 is 6.10 Å². The number of rotatable bonds is 6. The van der Waals surface area contributed by atoms with Gasteiger partial charge in [0.05, 0.1) is 0 Å². The molecule has 4 nitrogen and oxygen atoms in total. The first-order valence-electron chi connectivity index (χ1n) is 6.71. The molecule has 0 aliphatic carbocycles. The summed E-state index contributed by atoms with van der Waals surface area (Å²) in [4.78, 5) is 13.4. The molecule has 0 saturated heterocycles. The molecule has 0 aliphatic rings. The molecule has 0 saturated carbocycles. The van der Waals surface area contributed by atoms with E-state index in [0.29, 0.717) is 23.4 Å². The normalized spacial score (nSPS) is 12.3. The van der Waals surface area contributed by atoms with Gasteiger partial charge in [0, 0.05) is 37.3 Å². The molecule has 1 rings (SSSR count). The molecule has 0 bridgehead atoms. The lowest BCUT2D eigenvalue weighted by Crippen LogP contribution is -2.35. The first kappa shape index (κ1) is 16.8. The van der Waals surface area contributed by atoms with E-state index in [0.717, 1.165) is 5.56 Å². The van der Waals surface area contributed by atoms with Gasteiger partial charge in [-0.05, 0) is 19.1 Å². The number of halogens is 1. The van der Waals surface area contributed by atoms with E-state index in [-0.39, 0.29) is 5.91 Å². The van der Waals surface area contributed by atoms with Gasteiger partial charge in [-0.2, -0.15) is 0 Å². The minimum atomic E-state index is -0.540. The number of benzene rings is 1. The van der Waals surface area contributed by atoms with Crippen molar-refractivity contribution < 1.29 is 9.53 Å². The van der Waals surface area contributed by atoms with Crippen molar-refractivity contribution in [2.45, 2.75) is 39.5 Å². The lowest BCUT2D eigenvalue weighted by Gasteiger charge is -2.21. The highest BCUT2D eigenvalue weighted by Crippen LogP contribution is 2.27. The third kappa shape index (κ3) is 4.69. The molecule has 0 aliphatic heterocycles. The molecule has 112 valence electrons. The number of carbonyl (C=O) groups excluding carboxylic acids is 1. The summed E-state index contributed by atoms with van der Waals surface area (Å²) in [5.41, 5.74) is 0.876. The van der Waals surface area contributed by atoms with Gasteiger partial charge >= 0.3 is 0 Å². The molecule has 1 N–H and O–H groups in total. The van der Waals surface area contributed by atoms with Crippen molar-refractivity contribution in [2.24, 2.45) is 0 Å². The van der Waals surface area contributed by atoms with Crippen LogP contribution in [-0.4, -0.2) is 37.0 Å². The monoisotopic (exact) mass is 298 g/mol. The first-order valence-corrected chi connectivity index (χ1v) is 7.09. The summed E-state index contributed by atoms with van der Waals surface area (Å²) in [6.45, 7) is 6.48. The SMILES string of the molecule is CC(C)NCc1c(Cl)cccc1OC(C)C(=O)N(C)C. The molecule has 1 aromatic carbocycles. The predicted octanol–water partition coefficient (Wildman–Crippen LogP) is 2.69. The Morgan fingerprint density at radius 3 is 2.55 bits per heavy atom. The summed E-state index contributed by atoms with van der Waals surface area (Å²) >= 11 is 6.22. The zero-order valence-electron chi connectivity index (χ0n) is 12.7. The molecule has 20 heavy (non-hydrogen) atoms. The smallest absolute Gasteiger partial charge is 0.262 e. The highest BCUT2D eigenvalue weighted by Gasteiger charge is 2.18. The molecule has 0 aromatic heterocycles. The maximum atomic E-state index is 11.9. The van der Waals surface area contributed by atoms with Gasteiger partial charge in [0.15, 0.2) is 6.10 Å². The van der Waals surface area contributed by atoms with Crippen LogP contribution in [0.3, 0.4) is 0 Å². The van der Waals surface area contributed by atoms with Crippen molar-refractivity contribution in [3.63, 3.8) is 0 Å². The average Bonchev–Trinajstić information content (AvgIpc) is 2.36. The Morgan fingerprint density at radius 2 is 2.00 bits per heavy atom. The Morgan fingerprint density at radius 1 is 1.35 bits per heavy atom. The zero-order chi connectivity index (χ0) is 15.3. The van der Waals surface area contributed by atoms with Gasteiger partial charge in [-0.25, -0.2) is 0 Å². The zero-order valence-corrected chi connectivity index (χ0v) is 13.5. The first-order chi connectivity index (χ1) is 9.32. The van der Waals surface area contributed by atoms with Crippen molar-refractivity contribution in [1.29, 1.82) is 0 Å². The number of ether oxygens (including phenoxy) is 1. The topological polar surface area (TPSA) is 41.6 Å². The highest BCUT2D eigenvalue weighted by atomic mass is 35.5. The van der Waals surface area contributed by atoms with Crippen molar-refractivity contribution in [2.75, 3.05) is 14.1 Å². The number of hydrogen-bond acceptors (Lipinski definition) is 3. The molecule has 1 unspecified atom stereocenters. The van der Waals surface area contributed by atoms with Gasteiger partial charge < -0.3 is 15.0 Å². The Hall–Kier alpha value is -1.26. The molecule has 5 heteroatoms. The van der Waals surface area contributed by atoms with Crippen molar-refractivity contribution in [3.8, 4) is 5.75 Å². The number of carbonyl (C=O) groups is 1. The minimum absolute atomic E-state index is 0.0762. The molecule has 1 atom stereocenters. The van der Waals surface area contributed by atoms with Crippen LogP contribution in [0.15, 0.2) is 18.2 Å². The third-order valence-electron chi connectivity index (χ3n) is 2.86. The standard InChI is InChI=1S/C15H23ClN2O2/c1-10(2)17-9-12-13(16)7-6-8-14(12)20-11(3)15(19)18(4)5/h6-8,10-11,17H,9H2,1-5H3. The van der Waals surface area contributed by atoms with Gasteiger partial charge in [-0.15, -0.1) is 0 Å². The average molecular weight is 299 g/mol. The largest absolute Gasteiger partial charge is 0.481 e. The second-order valence-electron chi connectivity index (χ2n) is 5.24. The lowest BCUT2D eigenvalue weighted by molar-refractivity contribution is -0.135. The van der Waals surface area contributed by atoms with Crippen LogP contribution in [0, 0.1) is 0 Å². The van der Waals surface area contributed by atoms with Crippen LogP contribution in [0.25, 0.3) is 0 Å². The summed E-state index contributed by atoms with van der Waals surface area (Å²) in [7, 11) is 3.42. The quantitative estimate of drug-likeness (QED) is 0.878. The lowest BCUT2D eigenvalue weighted by atomic mass is 10.2. The van der Waals surface area contributed by atoms with E-state index >= 15 is 0 Å². The van der Waals surface area contributed by atoms with E-state index in [4.69, 9.17) is 16.3 Å². The number of nitrogens with one attached hydrogen (secondary N) is 1. The molecule has 1 aromatic rings. The molecular weight excluding hydrogens is 276 g/mol. The van der Waals surface area contributed by atoms with Crippen LogP contribution in [0.5, 0.6) is 5.75 Å². The second-order valence-corrected chi connectivity index (χ2v) is 5.65. The molecule has 0 radical (unpaired) electrons. The van der Waals surface area contributed by atoms with Gasteiger partial charge in [0.25, 0.3) is 5.91 Å². The third-order valence-corrected chi connectivity index (χ3v) is 3.21. The van der Waals surface area contributed by atoms with Gasteiger partial charge in [0.1, 0.15) is 5.75 Å². The van der Waals surface area contributed by atoms with Crippen molar-refractivity contribution in [1.82, 2.24) is 10.2 Å². The molecule has 0 spiro atoms. The van der Waals surface area contributed by atoms with Crippen molar-refractivity contribution >= 4 is 17.5 Å². The Kier molecular flexibility index (Phi) is 6.30. The Balaban J connectivity index is 2.89. The highest BCUT2D eigenvalue weighted by molar-refractivity contribution is 6.31. The number of likely N-dealkylation sites (N-methyl/N-ethyl adjacent to an activating group) is 1. The fourth-order valence-corrected chi connectivity index (χ4v) is 1.96. The van der Waals surface area contributed by atoms with Crippen LogP contribution in [0.4, 0.5) is 0 Å². The number of nitrogens with zero attached hydrogens (tertiary/aromatic N) is 1. The van der Waals surface area contributed by atoms with Crippen molar-refractivity contribution in [3.05, 3.63) is 28.8 Å². The Labute approximate surface area is 126 Å². The minimum Gasteiger partial charge on any atom is -0.481 e. The van der Waals surface area contributed by atoms with Gasteiger partial charge in [-0.3, -0.25) is 4.79 Å². The summed E-state index contributed by atoms with van der Waals surface area (Å²) in [5, 5.41) is 3.95. The molecule has 0 heterocycles. The van der Waals surface area contributed by atoms with E-state index in [1.807, 2.05) is 18.2 Å². The maximum absolute atomic E-state index is 11.9. The van der Waals surface area contributed by atoms with Crippen LogP contribution < -0.4 is 10.1 Å². The van der Waals surface area contributed by atoms with E-state index in [1.165, 1.54) is 4.90 Å². The molecule has 0 fully saturated rings. The number of hydrogen-bond donors (Lipinski definition) is 1. The summed E-state index contributed by atoms with van der Waals surface area (Å²) in [5.74, 6) is 0.570. The van der Waals surface area contributed by atoms with Gasteiger partial charge in [-0.1, -0.05) is 31.5 Å². The van der Waals surface area contributed by atoms with E-state index in [2.05, 4.69) is 19.2 Å². The summed E-state index contributed by atoms with van der Waals surface area (Å²) < 4.78 is 5.77. The van der Waals surface area contributed by atoms with Crippen LogP contribution in [0.2, 0.25) is 5.02 Å². The molecular formula is C15H23ClN2O2. The maximum Gasteiger partial charge on any atom is 0.262 e. The second kappa shape index (κ2) is 7.50.